The van der Waals surface area contributed by atoms with Gasteiger partial charge in [0, 0.05) is 37.5 Å². The number of hydrogen-bond donors (Lipinski definition) is 1. The topological polar surface area (TPSA) is 24.5 Å². The van der Waals surface area contributed by atoms with Crippen molar-refractivity contribution in [1.82, 2.24) is 5.32 Å². The zero-order valence-electron chi connectivity index (χ0n) is 13.2. The summed E-state index contributed by atoms with van der Waals surface area (Å²) in [4.78, 5) is 2.29. The number of piperidine rings is 1. The van der Waals surface area contributed by atoms with E-state index in [2.05, 4.69) is 17.1 Å². The van der Waals surface area contributed by atoms with E-state index in [4.69, 9.17) is 4.74 Å². The van der Waals surface area contributed by atoms with Gasteiger partial charge < -0.3 is 15.0 Å². The van der Waals surface area contributed by atoms with Crippen LogP contribution >= 0.6 is 0 Å². The molecule has 0 unspecified atom stereocenters. The molecule has 1 N–H and O–H groups in total. The Morgan fingerprint density at radius 1 is 1.29 bits per heavy atom. The molecule has 4 heteroatoms. The zero-order chi connectivity index (χ0) is 15.1. The van der Waals surface area contributed by atoms with Crippen molar-refractivity contribution in [2.75, 3.05) is 31.1 Å². The van der Waals surface area contributed by atoms with E-state index in [0.29, 0.717) is 12.6 Å². The first-order valence-electron chi connectivity index (χ1n) is 8.10. The Morgan fingerprint density at radius 2 is 2.05 bits per heavy atom. The van der Waals surface area contributed by atoms with Crippen LogP contribution in [-0.2, 0) is 11.3 Å². The van der Waals surface area contributed by atoms with Crippen molar-refractivity contribution in [2.45, 2.75) is 45.8 Å². The Balaban J connectivity index is 2.04. The van der Waals surface area contributed by atoms with E-state index in [9.17, 15) is 4.39 Å². The number of halogens is 1. The summed E-state index contributed by atoms with van der Waals surface area (Å²) < 4.78 is 19.8. The van der Waals surface area contributed by atoms with Crippen LogP contribution in [0.3, 0.4) is 0 Å². The molecule has 1 saturated heterocycles. The first-order chi connectivity index (χ1) is 10.3. The first-order valence-corrected chi connectivity index (χ1v) is 8.10. The monoisotopic (exact) mass is 294 g/mol. The minimum absolute atomic E-state index is 0.108. The van der Waals surface area contributed by atoms with Crippen LogP contribution in [0.15, 0.2) is 18.2 Å². The minimum atomic E-state index is -0.108. The van der Waals surface area contributed by atoms with Crippen LogP contribution in [-0.4, -0.2) is 32.3 Å². The molecule has 1 aromatic rings. The molecule has 3 nitrogen and oxygen atoms in total. The average Bonchev–Trinajstić information content (AvgIpc) is 2.50. The highest BCUT2D eigenvalue weighted by atomic mass is 19.1. The maximum absolute atomic E-state index is 14.1. The number of ether oxygens (including phenoxy) is 1. The summed E-state index contributed by atoms with van der Waals surface area (Å²) in [6.45, 7) is 8.33. The van der Waals surface area contributed by atoms with E-state index in [1.54, 1.807) is 6.07 Å². The molecule has 1 aliphatic heterocycles. The zero-order valence-corrected chi connectivity index (χ0v) is 13.2. The van der Waals surface area contributed by atoms with E-state index in [1.165, 1.54) is 0 Å². The van der Waals surface area contributed by atoms with E-state index < -0.39 is 0 Å². The van der Waals surface area contributed by atoms with Crippen molar-refractivity contribution in [1.29, 1.82) is 0 Å². The normalized spacial score (nSPS) is 16.4. The molecule has 2 rings (SSSR count). The van der Waals surface area contributed by atoms with Gasteiger partial charge in [0.25, 0.3) is 0 Å². The Bertz CT molecular complexity index is 431. The molecule has 0 spiro atoms. The predicted molar refractivity (Wildman–Crippen MR) is 85.3 cm³/mol. The fraction of sp³-hybridized carbons (Fsp3) is 0.647. The van der Waals surface area contributed by atoms with E-state index in [-0.39, 0.29) is 5.82 Å². The lowest BCUT2D eigenvalue weighted by Crippen LogP contribution is -2.38. The number of nitrogens with one attached hydrogen (secondary N) is 1. The summed E-state index contributed by atoms with van der Waals surface area (Å²) >= 11 is 0. The van der Waals surface area contributed by atoms with Gasteiger partial charge in [0.1, 0.15) is 5.82 Å². The van der Waals surface area contributed by atoms with Gasteiger partial charge in [-0.3, -0.25) is 0 Å². The quantitative estimate of drug-likeness (QED) is 0.781. The van der Waals surface area contributed by atoms with Gasteiger partial charge in [-0.2, -0.15) is 0 Å². The first kappa shape index (κ1) is 16.2. The minimum Gasteiger partial charge on any atom is -0.378 e. The van der Waals surface area contributed by atoms with E-state index in [1.807, 2.05) is 19.1 Å². The molecule has 0 atom stereocenters. The van der Waals surface area contributed by atoms with Crippen molar-refractivity contribution in [3.05, 3.63) is 29.6 Å². The van der Waals surface area contributed by atoms with Gasteiger partial charge in [0.2, 0.25) is 0 Å². The third kappa shape index (κ3) is 4.42. The third-order valence-corrected chi connectivity index (χ3v) is 4.01. The smallest absolute Gasteiger partial charge is 0.129 e. The second-order valence-corrected chi connectivity index (χ2v) is 5.56. The molecule has 0 amide bonds. The molecule has 1 heterocycles. The van der Waals surface area contributed by atoms with Crippen LogP contribution in [0.2, 0.25) is 0 Å². The molecule has 0 bridgehead atoms. The molecule has 21 heavy (non-hydrogen) atoms. The standard InChI is InChI=1S/C17H27FN2O/c1-3-10-19-13-15-16(18)6-5-7-17(15)20-11-8-14(9-12-20)21-4-2/h5-7,14,19H,3-4,8-13H2,1-2H3. The predicted octanol–water partition coefficient (Wildman–Crippen LogP) is 3.33. The summed E-state index contributed by atoms with van der Waals surface area (Å²) in [6.07, 6.45) is 3.46. The van der Waals surface area contributed by atoms with Crippen LogP contribution in [0.25, 0.3) is 0 Å². The van der Waals surface area contributed by atoms with Gasteiger partial charge >= 0.3 is 0 Å². The third-order valence-electron chi connectivity index (χ3n) is 4.01. The van der Waals surface area contributed by atoms with Crippen molar-refractivity contribution in [3.63, 3.8) is 0 Å². The van der Waals surface area contributed by atoms with Gasteiger partial charge in [-0.15, -0.1) is 0 Å². The van der Waals surface area contributed by atoms with E-state index >= 15 is 0 Å². The van der Waals surface area contributed by atoms with Gasteiger partial charge in [0.05, 0.1) is 6.10 Å². The second-order valence-electron chi connectivity index (χ2n) is 5.56. The van der Waals surface area contributed by atoms with Gasteiger partial charge in [-0.25, -0.2) is 4.39 Å². The van der Waals surface area contributed by atoms with Crippen molar-refractivity contribution < 1.29 is 9.13 Å². The lowest BCUT2D eigenvalue weighted by atomic mass is 10.0. The average molecular weight is 294 g/mol. The molecule has 0 aromatic heterocycles. The van der Waals surface area contributed by atoms with Crippen molar-refractivity contribution in [3.8, 4) is 0 Å². The summed E-state index contributed by atoms with van der Waals surface area (Å²) in [5, 5.41) is 3.31. The summed E-state index contributed by atoms with van der Waals surface area (Å²) in [6, 6.07) is 5.40. The molecule has 0 saturated carbocycles. The van der Waals surface area contributed by atoms with Gasteiger partial charge in [-0.1, -0.05) is 13.0 Å². The lowest BCUT2D eigenvalue weighted by Gasteiger charge is -2.34. The van der Waals surface area contributed by atoms with Crippen molar-refractivity contribution in [2.24, 2.45) is 0 Å². The molecule has 1 aliphatic rings. The Kier molecular flexibility index (Phi) is 6.46. The van der Waals surface area contributed by atoms with E-state index in [0.717, 1.165) is 56.8 Å². The second kappa shape index (κ2) is 8.35. The van der Waals surface area contributed by atoms with Crippen LogP contribution < -0.4 is 10.2 Å². The largest absolute Gasteiger partial charge is 0.378 e. The molecular formula is C17H27FN2O. The number of rotatable bonds is 7. The van der Waals surface area contributed by atoms with Crippen molar-refractivity contribution >= 4 is 5.69 Å². The molecular weight excluding hydrogens is 267 g/mol. The molecule has 0 aliphatic carbocycles. The molecule has 118 valence electrons. The summed E-state index contributed by atoms with van der Waals surface area (Å²) in [7, 11) is 0. The fourth-order valence-electron chi connectivity index (χ4n) is 2.91. The highest BCUT2D eigenvalue weighted by Gasteiger charge is 2.22. The highest BCUT2D eigenvalue weighted by molar-refractivity contribution is 5.54. The maximum Gasteiger partial charge on any atom is 0.129 e. The SMILES string of the molecule is CCCNCc1c(F)cccc1N1CCC(OCC)CC1. The summed E-state index contributed by atoms with van der Waals surface area (Å²) in [5.74, 6) is -0.108. The lowest BCUT2D eigenvalue weighted by molar-refractivity contribution is 0.0459. The Hall–Kier alpha value is -1.13. The number of anilines is 1. The van der Waals surface area contributed by atoms with Gasteiger partial charge in [-0.05, 0) is 44.9 Å². The number of hydrogen-bond acceptors (Lipinski definition) is 3. The Morgan fingerprint density at radius 3 is 2.71 bits per heavy atom. The van der Waals surface area contributed by atoms with Crippen LogP contribution in [0, 0.1) is 5.82 Å². The van der Waals surface area contributed by atoms with Crippen LogP contribution in [0.5, 0.6) is 0 Å². The fourth-order valence-corrected chi connectivity index (χ4v) is 2.91. The van der Waals surface area contributed by atoms with Crippen LogP contribution in [0.4, 0.5) is 10.1 Å². The Labute approximate surface area is 127 Å². The maximum atomic E-state index is 14.1. The number of benzene rings is 1. The van der Waals surface area contributed by atoms with Crippen LogP contribution in [0.1, 0.15) is 38.7 Å². The highest BCUT2D eigenvalue weighted by Crippen LogP contribution is 2.27. The molecule has 1 aromatic carbocycles. The van der Waals surface area contributed by atoms with Gasteiger partial charge in [0.15, 0.2) is 0 Å². The summed E-state index contributed by atoms with van der Waals surface area (Å²) in [5.41, 5.74) is 1.83. The molecule has 0 radical (unpaired) electrons. The number of nitrogens with zero attached hydrogens (tertiary/aromatic N) is 1. The molecule has 1 fully saturated rings.